The van der Waals surface area contributed by atoms with E-state index in [9.17, 15) is 13.2 Å². The molecule has 0 unspecified atom stereocenters. The van der Waals surface area contributed by atoms with Crippen molar-refractivity contribution >= 4 is 22.5 Å². The van der Waals surface area contributed by atoms with E-state index in [1.54, 1.807) is 19.1 Å². The number of halogens is 3. The number of fused-ring (bicyclic) bond motifs is 1. The molecule has 0 aliphatic carbocycles. The van der Waals surface area contributed by atoms with Gasteiger partial charge >= 0.3 is 0 Å². The molecule has 0 saturated heterocycles. The first-order valence-electron chi connectivity index (χ1n) is 5.00. The average Bonchev–Trinajstić information content (AvgIpc) is 2.21. The van der Waals surface area contributed by atoms with Crippen LogP contribution in [0.3, 0.4) is 0 Å². The van der Waals surface area contributed by atoms with Gasteiger partial charge in [-0.15, -0.1) is 0 Å². The van der Waals surface area contributed by atoms with Crippen LogP contribution in [-0.2, 0) is 0 Å². The molecular formula is C13H10F3N. The molecule has 0 saturated carbocycles. The van der Waals surface area contributed by atoms with E-state index in [4.69, 9.17) is 5.73 Å². The van der Waals surface area contributed by atoms with Gasteiger partial charge in [-0.1, -0.05) is 6.07 Å². The van der Waals surface area contributed by atoms with Gasteiger partial charge < -0.3 is 5.73 Å². The highest BCUT2D eigenvalue weighted by Gasteiger charge is 2.10. The standard InChI is InChI=1S/C13H10F3N/c1-7-4-9(17)5-8-2-3-11(14)10(13(7)8)6-12(15)16/h2-6H,17H2,1H3. The largest absolute Gasteiger partial charge is 0.399 e. The third-order valence-electron chi connectivity index (χ3n) is 2.58. The van der Waals surface area contributed by atoms with E-state index in [0.717, 1.165) is 6.07 Å². The summed E-state index contributed by atoms with van der Waals surface area (Å²) >= 11 is 0. The van der Waals surface area contributed by atoms with Crippen LogP contribution in [-0.4, -0.2) is 0 Å². The molecule has 2 N–H and O–H groups in total. The Morgan fingerprint density at radius 1 is 1.24 bits per heavy atom. The summed E-state index contributed by atoms with van der Waals surface area (Å²) in [6.07, 6.45) is -1.38. The molecule has 2 aromatic rings. The first kappa shape index (κ1) is 11.5. The Labute approximate surface area is 96.4 Å². The second-order valence-electron chi connectivity index (χ2n) is 3.83. The summed E-state index contributed by atoms with van der Waals surface area (Å²) in [6, 6.07) is 5.96. The molecule has 0 heterocycles. The van der Waals surface area contributed by atoms with Gasteiger partial charge in [0.25, 0.3) is 6.08 Å². The Balaban J connectivity index is 2.90. The first-order chi connectivity index (χ1) is 7.99. The Morgan fingerprint density at radius 3 is 2.59 bits per heavy atom. The molecule has 0 aliphatic heterocycles. The minimum absolute atomic E-state index is 0.0972. The van der Waals surface area contributed by atoms with Crippen LogP contribution >= 0.6 is 0 Å². The van der Waals surface area contributed by atoms with Gasteiger partial charge in [0.15, 0.2) is 0 Å². The van der Waals surface area contributed by atoms with Crippen molar-refractivity contribution in [1.29, 1.82) is 0 Å². The zero-order chi connectivity index (χ0) is 12.6. The van der Waals surface area contributed by atoms with Gasteiger partial charge in [0.1, 0.15) is 5.82 Å². The van der Waals surface area contributed by atoms with Crippen molar-refractivity contribution in [2.75, 3.05) is 5.73 Å². The highest BCUT2D eigenvalue weighted by Crippen LogP contribution is 2.29. The predicted molar refractivity (Wildman–Crippen MR) is 63.2 cm³/mol. The minimum atomic E-state index is -1.92. The Bertz CT molecular complexity index is 614. The second kappa shape index (κ2) is 4.13. The molecule has 4 heteroatoms. The summed E-state index contributed by atoms with van der Waals surface area (Å²) in [5.41, 5.74) is 6.76. The van der Waals surface area contributed by atoms with Crippen LogP contribution in [0.1, 0.15) is 11.1 Å². The minimum Gasteiger partial charge on any atom is -0.399 e. The topological polar surface area (TPSA) is 26.0 Å². The monoisotopic (exact) mass is 237 g/mol. The summed E-state index contributed by atoms with van der Waals surface area (Å²) in [5, 5.41) is 1.11. The lowest BCUT2D eigenvalue weighted by Crippen LogP contribution is -1.92. The maximum atomic E-state index is 13.6. The van der Waals surface area contributed by atoms with Gasteiger partial charge in [-0.05, 0) is 41.5 Å². The van der Waals surface area contributed by atoms with E-state index in [2.05, 4.69) is 0 Å². The summed E-state index contributed by atoms with van der Waals surface area (Å²) in [4.78, 5) is 0. The SMILES string of the molecule is Cc1cc(N)cc2ccc(F)c(C=C(F)F)c12. The number of nitrogens with two attached hydrogens (primary N) is 1. The van der Waals surface area contributed by atoms with E-state index < -0.39 is 11.9 Å². The van der Waals surface area contributed by atoms with Crippen LogP contribution in [0.4, 0.5) is 18.9 Å². The van der Waals surface area contributed by atoms with Crippen molar-refractivity contribution < 1.29 is 13.2 Å². The summed E-state index contributed by atoms with van der Waals surface area (Å²) < 4.78 is 38.2. The lowest BCUT2D eigenvalue weighted by atomic mass is 9.98. The van der Waals surface area contributed by atoms with Gasteiger partial charge in [-0.2, -0.15) is 8.78 Å². The van der Waals surface area contributed by atoms with Gasteiger partial charge in [-0.3, -0.25) is 0 Å². The van der Waals surface area contributed by atoms with Crippen LogP contribution in [0.2, 0.25) is 0 Å². The van der Waals surface area contributed by atoms with Crippen molar-refractivity contribution in [2.45, 2.75) is 6.92 Å². The smallest absolute Gasteiger partial charge is 0.271 e. The molecule has 2 aromatic carbocycles. The summed E-state index contributed by atoms with van der Waals surface area (Å²) in [5.74, 6) is -0.668. The molecule has 0 amide bonds. The normalized spacial score (nSPS) is 10.6. The lowest BCUT2D eigenvalue weighted by molar-refractivity contribution is 0.429. The number of rotatable bonds is 1. The number of nitrogen functional groups attached to an aromatic ring is 1. The fourth-order valence-electron chi connectivity index (χ4n) is 1.96. The number of hydrogen-bond donors (Lipinski definition) is 1. The predicted octanol–water partition coefficient (Wildman–Crippen LogP) is 4.11. The molecule has 0 fully saturated rings. The van der Waals surface area contributed by atoms with Crippen LogP contribution in [0, 0.1) is 12.7 Å². The third-order valence-corrected chi connectivity index (χ3v) is 2.58. The second-order valence-corrected chi connectivity index (χ2v) is 3.83. The zero-order valence-corrected chi connectivity index (χ0v) is 9.10. The van der Waals surface area contributed by atoms with E-state index in [0.29, 0.717) is 28.1 Å². The van der Waals surface area contributed by atoms with Crippen LogP contribution < -0.4 is 5.73 Å². The van der Waals surface area contributed by atoms with Crippen molar-refractivity contribution in [3.05, 3.63) is 47.3 Å². The van der Waals surface area contributed by atoms with Crippen LogP contribution in [0.25, 0.3) is 16.8 Å². The van der Waals surface area contributed by atoms with E-state index >= 15 is 0 Å². The Kier molecular flexibility index (Phi) is 2.79. The van der Waals surface area contributed by atoms with Crippen molar-refractivity contribution in [1.82, 2.24) is 0 Å². The fraction of sp³-hybridized carbons (Fsp3) is 0.0769. The molecule has 0 aromatic heterocycles. The molecule has 17 heavy (non-hydrogen) atoms. The molecule has 0 atom stereocenters. The first-order valence-corrected chi connectivity index (χ1v) is 5.00. The Hall–Kier alpha value is -1.97. The molecule has 0 bridgehead atoms. The third kappa shape index (κ3) is 2.11. The number of benzene rings is 2. The quantitative estimate of drug-likeness (QED) is 0.742. The number of hydrogen-bond acceptors (Lipinski definition) is 1. The molecule has 0 aliphatic rings. The molecule has 1 nitrogen and oxygen atoms in total. The highest BCUT2D eigenvalue weighted by atomic mass is 19.3. The number of aryl methyl sites for hydroxylation is 1. The maximum absolute atomic E-state index is 13.6. The summed E-state index contributed by atoms with van der Waals surface area (Å²) in [7, 11) is 0. The van der Waals surface area contributed by atoms with Gasteiger partial charge in [0.05, 0.1) is 0 Å². The van der Waals surface area contributed by atoms with Crippen molar-refractivity contribution in [3.8, 4) is 0 Å². The maximum Gasteiger partial charge on any atom is 0.271 e. The average molecular weight is 237 g/mol. The Morgan fingerprint density at radius 2 is 1.94 bits per heavy atom. The summed E-state index contributed by atoms with van der Waals surface area (Å²) in [6.45, 7) is 1.71. The van der Waals surface area contributed by atoms with Gasteiger partial charge in [0, 0.05) is 17.3 Å². The van der Waals surface area contributed by atoms with E-state index in [-0.39, 0.29) is 5.56 Å². The van der Waals surface area contributed by atoms with E-state index in [1.165, 1.54) is 6.07 Å². The molecule has 88 valence electrons. The van der Waals surface area contributed by atoms with E-state index in [1.807, 2.05) is 0 Å². The van der Waals surface area contributed by atoms with Gasteiger partial charge in [-0.25, -0.2) is 4.39 Å². The van der Waals surface area contributed by atoms with Crippen molar-refractivity contribution in [3.63, 3.8) is 0 Å². The molecule has 2 rings (SSSR count). The lowest BCUT2D eigenvalue weighted by Gasteiger charge is -2.08. The van der Waals surface area contributed by atoms with Crippen molar-refractivity contribution in [2.24, 2.45) is 0 Å². The number of anilines is 1. The van der Waals surface area contributed by atoms with Crippen LogP contribution in [0.15, 0.2) is 30.3 Å². The zero-order valence-electron chi connectivity index (χ0n) is 9.10. The molecule has 0 radical (unpaired) electrons. The molecular weight excluding hydrogens is 227 g/mol. The highest BCUT2D eigenvalue weighted by molar-refractivity contribution is 5.95. The van der Waals surface area contributed by atoms with Gasteiger partial charge in [0.2, 0.25) is 0 Å². The molecule has 0 spiro atoms. The van der Waals surface area contributed by atoms with Crippen LogP contribution in [0.5, 0.6) is 0 Å². The fourth-order valence-corrected chi connectivity index (χ4v) is 1.96.